The van der Waals surface area contributed by atoms with Crippen molar-refractivity contribution >= 4 is 29.2 Å². The molecular formula is C32H54N2O4. The van der Waals surface area contributed by atoms with Gasteiger partial charge in [-0.1, -0.05) is 117 Å². The number of hydrogen-bond acceptors (Lipinski definition) is 4. The van der Waals surface area contributed by atoms with E-state index in [9.17, 15) is 14.4 Å². The molecule has 2 N–H and O–H groups in total. The van der Waals surface area contributed by atoms with Crippen LogP contribution in [0.15, 0.2) is 18.2 Å². The van der Waals surface area contributed by atoms with Crippen LogP contribution in [-0.2, 0) is 14.3 Å². The lowest BCUT2D eigenvalue weighted by molar-refractivity contribution is -0.117. The molecule has 0 radical (unpaired) electrons. The molecule has 6 nitrogen and oxygen atoms in total. The number of methoxy groups -OCH3 is 1. The van der Waals surface area contributed by atoms with Gasteiger partial charge in [0.25, 0.3) is 0 Å². The van der Waals surface area contributed by atoms with Crippen molar-refractivity contribution in [2.24, 2.45) is 0 Å². The first kappa shape index (κ1) is 33.7. The van der Waals surface area contributed by atoms with Gasteiger partial charge in [-0.3, -0.25) is 9.59 Å². The molecule has 0 aliphatic heterocycles. The van der Waals surface area contributed by atoms with E-state index in [1.165, 1.54) is 84.2 Å². The lowest BCUT2D eigenvalue weighted by Gasteiger charge is -2.14. The van der Waals surface area contributed by atoms with Gasteiger partial charge in [-0.05, 0) is 31.0 Å². The van der Waals surface area contributed by atoms with Crippen molar-refractivity contribution in [1.82, 2.24) is 0 Å². The lowest BCUT2D eigenvalue weighted by atomic mass is 10.1. The number of anilines is 2. The highest BCUT2D eigenvalue weighted by Crippen LogP contribution is 2.25. The average molecular weight is 531 g/mol. The Labute approximate surface area is 232 Å². The predicted molar refractivity (Wildman–Crippen MR) is 159 cm³/mol. The quantitative estimate of drug-likeness (QED) is 0.109. The van der Waals surface area contributed by atoms with Crippen molar-refractivity contribution in [2.45, 2.75) is 142 Å². The number of unbranched alkanes of at least 4 members (excludes halogenated alkanes) is 16. The van der Waals surface area contributed by atoms with E-state index in [4.69, 9.17) is 4.74 Å². The number of carbonyl (C=O) groups is 3. The number of benzene rings is 1. The normalized spacial score (nSPS) is 10.8. The van der Waals surface area contributed by atoms with E-state index in [0.29, 0.717) is 29.8 Å². The second-order valence-electron chi connectivity index (χ2n) is 10.5. The molecule has 0 fully saturated rings. The summed E-state index contributed by atoms with van der Waals surface area (Å²) in [5.41, 5.74) is 1.29. The minimum absolute atomic E-state index is 0.0757. The second kappa shape index (κ2) is 22.6. The first-order valence-corrected chi connectivity index (χ1v) is 15.3. The Bertz CT molecular complexity index is 794. The zero-order chi connectivity index (χ0) is 27.8. The number of amides is 2. The topological polar surface area (TPSA) is 84.5 Å². The van der Waals surface area contributed by atoms with Crippen LogP contribution in [0.4, 0.5) is 11.4 Å². The molecular weight excluding hydrogens is 476 g/mol. The van der Waals surface area contributed by atoms with Crippen LogP contribution in [0.5, 0.6) is 0 Å². The zero-order valence-corrected chi connectivity index (χ0v) is 24.5. The van der Waals surface area contributed by atoms with Gasteiger partial charge in [0, 0.05) is 12.8 Å². The molecule has 0 aliphatic carbocycles. The summed E-state index contributed by atoms with van der Waals surface area (Å²) in [7, 11) is 1.32. The Balaban J connectivity index is 2.46. The minimum Gasteiger partial charge on any atom is -0.465 e. The summed E-state index contributed by atoms with van der Waals surface area (Å²) in [6, 6.07) is 4.85. The van der Waals surface area contributed by atoms with Crippen molar-refractivity contribution < 1.29 is 19.1 Å². The molecule has 0 unspecified atom stereocenters. The van der Waals surface area contributed by atoms with E-state index in [-0.39, 0.29) is 11.8 Å². The Morgan fingerprint density at radius 3 is 1.39 bits per heavy atom. The predicted octanol–water partition coefficient (Wildman–Crippen LogP) is 9.19. The minimum atomic E-state index is -0.480. The molecule has 0 aromatic heterocycles. The van der Waals surface area contributed by atoms with E-state index >= 15 is 0 Å². The maximum absolute atomic E-state index is 12.6. The van der Waals surface area contributed by atoms with Crippen LogP contribution in [0.1, 0.15) is 153 Å². The summed E-state index contributed by atoms with van der Waals surface area (Å²) in [6.07, 6.45) is 22.4. The van der Waals surface area contributed by atoms with Gasteiger partial charge in [0.15, 0.2) is 0 Å². The monoisotopic (exact) mass is 530 g/mol. The molecule has 0 aliphatic rings. The first-order chi connectivity index (χ1) is 18.5. The highest BCUT2D eigenvalue weighted by Gasteiger charge is 2.14. The molecule has 6 heteroatoms. The standard InChI is InChI=1S/C32H54N2O4/c1-4-6-8-10-12-14-16-18-20-22-30(35)33-28-25-24-27(32(37)38-3)26-29(28)34-31(36)23-21-19-17-15-13-11-9-7-5-2/h24-26H,4-23H2,1-3H3,(H,33,35)(H,34,36). The van der Waals surface area contributed by atoms with Crippen molar-refractivity contribution in [1.29, 1.82) is 0 Å². The Morgan fingerprint density at radius 1 is 0.579 bits per heavy atom. The highest BCUT2D eigenvalue weighted by molar-refractivity contribution is 6.01. The SMILES string of the molecule is CCCCCCCCCCCC(=O)Nc1ccc(C(=O)OC)cc1NC(=O)CCCCCCCCCCC. The summed E-state index contributed by atoms with van der Waals surface area (Å²) in [5, 5.41) is 5.83. The molecule has 0 saturated carbocycles. The molecule has 0 saturated heterocycles. The Hall–Kier alpha value is -2.37. The van der Waals surface area contributed by atoms with E-state index in [1.54, 1.807) is 18.2 Å². The van der Waals surface area contributed by atoms with Crippen LogP contribution in [0.25, 0.3) is 0 Å². The largest absolute Gasteiger partial charge is 0.465 e. The fourth-order valence-corrected chi connectivity index (χ4v) is 4.62. The van der Waals surface area contributed by atoms with Gasteiger partial charge in [0.1, 0.15) is 0 Å². The van der Waals surface area contributed by atoms with Gasteiger partial charge in [0.2, 0.25) is 11.8 Å². The van der Waals surface area contributed by atoms with E-state index in [0.717, 1.165) is 38.5 Å². The molecule has 0 heterocycles. The van der Waals surface area contributed by atoms with Crippen LogP contribution in [0.3, 0.4) is 0 Å². The van der Waals surface area contributed by atoms with Gasteiger partial charge < -0.3 is 15.4 Å². The Kier molecular flexibility index (Phi) is 20.0. The van der Waals surface area contributed by atoms with Gasteiger partial charge in [-0.25, -0.2) is 4.79 Å². The number of esters is 1. The van der Waals surface area contributed by atoms with E-state index in [1.807, 2.05) is 0 Å². The van der Waals surface area contributed by atoms with Gasteiger partial charge >= 0.3 is 5.97 Å². The maximum atomic E-state index is 12.6. The lowest BCUT2D eigenvalue weighted by Crippen LogP contribution is -2.17. The number of rotatable bonds is 23. The molecule has 1 rings (SSSR count). The summed E-state index contributed by atoms with van der Waals surface area (Å²) in [4.78, 5) is 37.2. The third-order valence-corrected chi connectivity index (χ3v) is 7.00. The van der Waals surface area contributed by atoms with Crippen molar-refractivity contribution in [3.8, 4) is 0 Å². The van der Waals surface area contributed by atoms with Gasteiger partial charge in [0.05, 0.1) is 24.0 Å². The van der Waals surface area contributed by atoms with Crippen LogP contribution in [0.2, 0.25) is 0 Å². The first-order valence-electron chi connectivity index (χ1n) is 15.3. The fraction of sp³-hybridized carbons (Fsp3) is 0.719. The zero-order valence-electron chi connectivity index (χ0n) is 24.5. The summed E-state index contributed by atoms with van der Waals surface area (Å²) < 4.78 is 4.82. The van der Waals surface area contributed by atoms with Gasteiger partial charge in [-0.2, -0.15) is 0 Å². The van der Waals surface area contributed by atoms with Crippen molar-refractivity contribution in [2.75, 3.05) is 17.7 Å². The Morgan fingerprint density at radius 2 is 0.974 bits per heavy atom. The molecule has 0 atom stereocenters. The number of nitrogens with one attached hydrogen (secondary N) is 2. The molecule has 1 aromatic rings. The molecule has 216 valence electrons. The molecule has 0 bridgehead atoms. The molecule has 2 amide bonds. The number of hydrogen-bond donors (Lipinski definition) is 2. The molecule has 1 aromatic carbocycles. The van der Waals surface area contributed by atoms with Crippen LogP contribution in [0, 0.1) is 0 Å². The van der Waals surface area contributed by atoms with Crippen LogP contribution < -0.4 is 10.6 Å². The highest BCUT2D eigenvalue weighted by atomic mass is 16.5. The van der Waals surface area contributed by atoms with Gasteiger partial charge in [-0.15, -0.1) is 0 Å². The summed E-state index contributed by atoms with van der Waals surface area (Å²) >= 11 is 0. The smallest absolute Gasteiger partial charge is 0.337 e. The maximum Gasteiger partial charge on any atom is 0.337 e. The third kappa shape index (κ3) is 16.5. The van der Waals surface area contributed by atoms with Crippen LogP contribution >= 0.6 is 0 Å². The van der Waals surface area contributed by atoms with E-state index < -0.39 is 5.97 Å². The van der Waals surface area contributed by atoms with Crippen molar-refractivity contribution in [3.05, 3.63) is 23.8 Å². The third-order valence-electron chi connectivity index (χ3n) is 7.00. The van der Waals surface area contributed by atoms with E-state index in [2.05, 4.69) is 24.5 Å². The fourth-order valence-electron chi connectivity index (χ4n) is 4.62. The number of ether oxygens (including phenoxy) is 1. The second-order valence-corrected chi connectivity index (χ2v) is 10.5. The molecule has 38 heavy (non-hydrogen) atoms. The number of carbonyl (C=O) groups excluding carboxylic acids is 3. The summed E-state index contributed by atoms with van der Waals surface area (Å²) in [6.45, 7) is 4.46. The molecule has 0 spiro atoms. The summed E-state index contributed by atoms with van der Waals surface area (Å²) in [5.74, 6) is -0.662. The van der Waals surface area contributed by atoms with Crippen molar-refractivity contribution in [3.63, 3.8) is 0 Å². The average Bonchev–Trinajstić information content (AvgIpc) is 2.91. The van der Waals surface area contributed by atoms with Crippen LogP contribution in [-0.4, -0.2) is 24.9 Å².